The summed E-state index contributed by atoms with van der Waals surface area (Å²) in [5.41, 5.74) is -1.81. The third-order valence-corrected chi connectivity index (χ3v) is 8.73. The number of hydrogen-bond acceptors (Lipinski definition) is 4. The second-order valence-electron chi connectivity index (χ2n) is 12.6. The zero-order valence-electron chi connectivity index (χ0n) is 22.2. The largest absolute Gasteiger partial charge is 0.196 e. The van der Waals surface area contributed by atoms with Crippen LogP contribution in [0, 0.1) is 75.9 Å². The second-order valence-corrected chi connectivity index (χ2v) is 12.6. The first-order chi connectivity index (χ1) is 14.8. The minimum atomic E-state index is -0.905. The monoisotopic (exact) mass is 440 g/mol. The average molecular weight is 441 g/mol. The number of hydrogen-bond donors (Lipinski definition) is 0. The molecular weight excluding hydrogens is 392 g/mol. The molecule has 0 aromatic rings. The van der Waals surface area contributed by atoms with Crippen LogP contribution >= 0.6 is 0 Å². The molecule has 0 heterocycles. The molecule has 7 atom stereocenters. The van der Waals surface area contributed by atoms with Crippen LogP contribution in [0.5, 0.6) is 0 Å². The summed E-state index contributed by atoms with van der Waals surface area (Å²) in [7, 11) is 0. The first-order valence-corrected chi connectivity index (χ1v) is 13.1. The Bertz CT molecular complexity index is 693. The number of azo groups is 1. The van der Waals surface area contributed by atoms with Crippen LogP contribution < -0.4 is 0 Å². The van der Waals surface area contributed by atoms with Gasteiger partial charge in [-0.15, -0.1) is 0 Å². The van der Waals surface area contributed by atoms with Crippen molar-refractivity contribution in [3.05, 3.63) is 0 Å². The third-order valence-electron chi connectivity index (χ3n) is 8.73. The first-order valence-electron chi connectivity index (χ1n) is 13.1. The van der Waals surface area contributed by atoms with E-state index in [1.54, 1.807) is 13.8 Å². The van der Waals surface area contributed by atoms with Crippen LogP contribution in [0.25, 0.3) is 0 Å². The molecule has 0 spiro atoms. The maximum atomic E-state index is 10.6. The maximum Gasteiger partial charge on any atom is 0.168 e. The lowest BCUT2D eigenvalue weighted by molar-refractivity contribution is -0.0179. The van der Waals surface area contributed by atoms with Crippen LogP contribution in [0.4, 0.5) is 0 Å². The van der Waals surface area contributed by atoms with Gasteiger partial charge in [0, 0.05) is 5.92 Å². The summed E-state index contributed by atoms with van der Waals surface area (Å²) in [5, 5.41) is 29.3. The molecule has 0 aromatic carbocycles. The van der Waals surface area contributed by atoms with Crippen molar-refractivity contribution in [1.82, 2.24) is 0 Å². The summed E-state index contributed by atoms with van der Waals surface area (Å²) in [6.07, 6.45) is 7.42. The Morgan fingerprint density at radius 3 is 1.47 bits per heavy atom. The van der Waals surface area contributed by atoms with Crippen molar-refractivity contribution >= 4 is 0 Å². The van der Waals surface area contributed by atoms with Crippen molar-refractivity contribution in [3.63, 3.8) is 0 Å². The molecule has 4 heteroatoms. The Morgan fingerprint density at radius 2 is 1.12 bits per heavy atom. The molecule has 2 aliphatic carbocycles. The van der Waals surface area contributed by atoms with Crippen molar-refractivity contribution in [1.29, 1.82) is 10.5 Å². The Labute approximate surface area is 198 Å². The van der Waals surface area contributed by atoms with Crippen molar-refractivity contribution in [2.24, 2.45) is 63.5 Å². The van der Waals surface area contributed by atoms with Gasteiger partial charge < -0.3 is 0 Å². The summed E-state index contributed by atoms with van der Waals surface area (Å²) in [4.78, 5) is 0. The minimum absolute atomic E-state index is 0.177. The van der Waals surface area contributed by atoms with Crippen molar-refractivity contribution in [2.75, 3.05) is 0 Å². The lowest BCUT2D eigenvalue weighted by Crippen LogP contribution is -2.50. The van der Waals surface area contributed by atoms with Gasteiger partial charge in [0.25, 0.3) is 0 Å². The maximum absolute atomic E-state index is 10.6. The fourth-order valence-electron chi connectivity index (χ4n) is 6.94. The zero-order chi connectivity index (χ0) is 24.3. The Balaban J connectivity index is 2.64. The number of nitriles is 2. The van der Waals surface area contributed by atoms with Gasteiger partial charge in [-0.05, 0) is 93.8 Å². The average Bonchev–Trinajstić information content (AvgIpc) is 2.72. The van der Waals surface area contributed by atoms with Crippen LogP contribution in [-0.4, -0.2) is 11.1 Å². The second kappa shape index (κ2) is 10.7. The zero-order valence-corrected chi connectivity index (χ0v) is 22.2. The van der Waals surface area contributed by atoms with Crippen molar-refractivity contribution in [3.8, 4) is 12.1 Å². The molecule has 0 N–H and O–H groups in total. The van der Waals surface area contributed by atoms with Gasteiger partial charge in [-0.2, -0.15) is 20.8 Å². The van der Waals surface area contributed by atoms with E-state index >= 15 is 0 Å². The molecule has 0 saturated heterocycles. The molecular formula is C28H48N4. The van der Waals surface area contributed by atoms with Gasteiger partial charge in [0.2, 0.25) is 0 Å². The van der Waals surface area contributed by atoms with Crippen LogP contribution in [0.2, 0.25) is 0 Å². The van der Waals surface area contributed by atoms with Gasteiger partial charge in [0.15, 0.2) is 11.1 Å². The number of nitrogens with zero attached hydrogens (tertiary/aromatic N) is 4. The van der Waals surface area contributed by atoms with E-state index in [0.29, 0.717) is 47.3 Å². The molecule has 4 nitrogen and oxygen atoms in total. The van der Waals surface area contributed by atoms with E-state index in [0.717, 1.165) is 0 Å². The summed E-state index contributed by atoms with van der Waals surface area (Å²) in [6.45, 7) is 19.8. The van der Waals surface area contributed by atoms with Crippen molar-refractivity contribution in [2.45, 2.75) is 112 Å². The highest BCUT2D eigenvalue weighted by Gasteiger charge is 2.52. The molecule has 2 fully saturated rings. The van der Waals surface area contributed by atoms with Gasteiger partial charge in [-0.25, -0.2) is 0 Å². The molecule has 180 valence electrons. The van der Waals surface area contributed by atoms with E-state index < -0.39 is 11.1 Å². The van der Waals surface area contributed by atoms with E-state index in [1.807, 2.05) is 6.92 Å². The lowest BCUT2D eigenvalue weighted by Gasteiger charge is -2.52. The molecule has 0 amide bonds. The molecule has 2 saturated carbocycles. The molecule has 0 aromatic heterocycles. The highest BCUT2D eigenvalue weighted by molar-refractivity contribution is 5.14. The number of rotatable bonds is 7. The predicted molar refractivity (Wildman–Crippen MR) is 132 cm³/mol. The van der Waals surface area contributed by atoms with E-state index in [-0.39, 0.29) is 5.92 Å². The summed E-state index contributed by atoms with van der Waals surface area (Å²) >= 11 is 0. The van der Waals surface area contributed by atoms with Crippen LogP contribution in [0.1, 0.15) is 101 Å². The normalized spacial score (nSPS) is 34.8. The fraction of sp³-hybridized carbons (Fsp3) is 0.929. The quantitative estimate of drug-likeness (QED) is 0.375. The molecule has 2 aliphatic rings. The van der Waals surface area contributed by atoms with Gasteiger partial charge in [0.1, 0.15) is 0 Å². The Hall–Kier alpha value is -1.42. The molecule has 0 aliphatic heterocycles. The minimum Gasteiger partial charge on any atom is -0.196 e. The van der Waals surface area contributed by atoms with Gasteiger partial charge in [-0.3, -0.25) is 0 Å². The van der Waals surface area contributed by atoms with Crippen LogP contribution in [0.15, 0.2) is 10.2 Å². The topological polar surface area (TPSA) is 72.3 Å². The molecule has 2 rings (SSSR count). The molecule has 32 heavy (non-hydrogen) atoms. The van der Waals surface area contributed by atoms with E-state index in [1.165, 1.54) is 38.5 Å². The predicted octanol–water partition coefficient (Wildman–Crippen LogP) is 8.06. The highest BCUT2D eigenvalue weighted by Crippen LogP contribution is 2.54. The van der Waals surface area contributed by atoms with E-state index in [9.17, 15) is 10.5 Å². The highest BCUT2D eigenvalue weighted by atomic mass is 15.2. The van der Waals surface area contributed by atoms with Gasteiger partial charge in [-0.1, -0.05) is 54.4 Å². The lowest BCUT2D eigenvalue weighted by atomic mass is 9.53. The summed E-state index contributed by atoms with van der Waals surface area (Å²) in [6, 6.07) is 4.88. The van der Waals surface area contributed by atoms with Gasteiger partial charge in [0.05, 0.1) is 12.1 Å². The Kier molecular flexibility index (Phi) is 8.95. The summed E-state index contributed by atoms with van der Waals surface area (Å²) < 4.78 is 0. The molecule has 7 unspecified atom stereocenters. The SMILES string of the molecule is CC1CCC(C(C)C)C(C(C2CC(C)CCC2C(C)C)C(C)(C#N)/N=N/C(C)(C)C#N)C1. The molecule has 0 bridgehead atoms. The Morgan fingerprint density at radius 1 is 0.688 bits per heavy atom. The first kappa shape index (κ1) is 26.8. The van der Waals surface area contributed by atoms with E-state index in [4.69, 9.17) is 5.11 Å². The summed E-state index contributed by atoms with van der Waals surface area (Å²) in [5.74, 6) is 4.94. The van der Waals surface area contributed by atoms with Crippen LogP contribution in [0.3, 0.4) is 0 Å². The van der Waals surface area contributed by atoms with Crippen LogP contribution in [-0.2, 0) is 0 Å². The fourth-order valence-corrected chi connectivity index (χ4v) is 6.94. The third kappa shape index (κ3) is 6.12. The van der Waals surface area contributed by atoms with E-state index in [2.05, 4.69) is 58.8 Å². The smallest absolute Gasteiger partial charge is 0.168 e. The molecule has 0 radical (unpaired) electrons. The standard InChI is InChI=1S/C28H48N4/c1-18(2)22-12-10-20(5)14-24(22)26(25-15-21(6)11-13-23(25)19(3)4)28(9,17-30)32-31-27(7,8)16-29/h18-26H,10-15H2,1-9H3/b32-31+. The van der Waals surface area contributed by atoms with Gasteiger partial charge >= 0.3 is 0 Å². The van der Waals surface area contributed by atoms with Crippen molar-refractivity contribution < 1.29 is 0 Å².